The third-order valence-corrected chi connectivity index (χ3v) is 4.78. The number of carbonyl (C=O) groups is 1. The van der Waals surface area contributed by atoms with Gasteiger partial charge in [-0.25, -0.2) is 0 Å². The highest BCUT2D eigenvalue weighted by Gasteiger charge is 2.45. The Morgan fingerprint density at radius 2 is 1.83 bits per heavy atom. The van der Waals surface area contributed by atoms with Gasteiger partial charge in [0.25, 0.3) is 0 Å². The summed E-state index contributed by atoms with van der Waals surface area (Å²) in [6, 6.07) is 0. The summed E-state index contributed by atoms with van der Waals surface area (Å²) in [5, 5.41) is 0. The van der Waals surface area contributed by atoms with Gasteiger partial charge in [0.1, 0.15) is 6.10 Å². The van der Waals surface area contributed by atoms with E-state index >= 15 is 0 Å². The van der Waals surface area contributed by atoms with Crippen LogP contribution in [-0.4, -0.2) is 12.1 Å². The normalized spacial score (nSPS) is 27.9. The van der Waals surface area contributed by atoms with Crippen molar-refractivity contribution in [3.8, 4) is 0 Å². The molecule has 0 saturated heterocycles. The number of hydrogen-bond acceptors (Lipinski definition) is 2. The minimum absolute atomic E-state index is 0.0101. The first-order valence-electron chi connectivity index (χ1n) is 7.41. The Labute approximate surface area is 112 Å². The topological polar surface area (TPSA) is 26.3 Å². The monoisotopic (exact) mass is 254 g/mol. The highest BCUT2D eigenvalue weighted by molar-refractivity contribution is 5.77. The van der Waals surface area contributed by atoms with E-state index in [0.29, 0.717) is 5.92 Å². The van der Waals surface area contributed by atoms with Crippen molar-refractivity contribution >= 4 is 5.97 Å². The second-order valence-electron chi connectivity index (χ2n) is 7.28. The molecular weight excluding hydrogens is 224 g/mol. The molecular formula is C16H30O2. The van der Waals surface area contributed by atoms with Crippen molar-refractivity contribution in [1.29, 1.82) is 0 Å². The van der Waals surface area contributed by atoms with E-state index in [-0.39, 0.29) is 22.9 Å². The summed E-state index contributed by atoms with van der Waals surface area (Å²) in [6.07, 6.45) is 5.35. The molecule has 0 aliphatic heterocycles. The van der Waals surface area contributed by atoms with Crippen LogP contribution in [0.15, 0.2) is 0 Å². The van der Waals surface area contributed by atoms with Gasteiger partial charge in [-0.15, -0.1) is 0 Å². The maximum atomic E-state index is 12.5. The van der Waals surface area contributed by atoms with Crippen LogP contribution in [0.4, 0.5) is 0 Å². The molecule has 0 heterocycles. The van der Waals surface area contributed by atoms with Gasteiger partial charge in [0.2, 0.25) is 0 Å². The van der Waals surface area contributed by atoms with Gasteiger partial charge in [-0.1, -0.05) is 41.0 Å². The maximum absolute atomic E-state index is 12.5. The van der Waals surface area contributed by atoms with Gasteiger partial charge in [0, 0.05) is 0 Å². The first kappa shape index (κ1) is 15.5. The predicted molar refractivity (Wildman–Crippen MR) is 75.4 cm³/mol. The molecule has 1 saturated carbocycles. The summed E-state index contributed by atoms with van der Waals surface area (Å²) >= 11 is 0. The van der Waals surface area contributed by atoms with Gasteiger partial charge in [-0.2, -0.15) is 0 Å². The van der Waals surface area contributed by atoms with Crippen molar-refractivity contribution in [2.75, 3.05) is 0 Å². The molecule has 0 radical (unpaired) electrons. The first-order valence-corrected chi connectivity index (χ1v) is 7.41. The molecule has 1 aliphatic carbocycles. The molecule has 3 atom stereocenters. The fourth-order valence-corrected chi connectivity index (χ4v) is 2.83. The Hall–Kier alpha value is -0.530. The van der Waals surface area contributed by atoms with Crippen LogP contribution in [0.25, 0.3) is 0 Å². The lowest BCUT2D eigenvalue weighted by molar-refractivity contribution is -0.168. The average molecular weight is 254 g/mol. The molecule has 0 aromatic heterocycles. The molecule has 0 spiro atoms. The summed E-state index contributed by atoms with van der Waals surface area (Å²) in [7, 11) is 0. The van der Waals surface area contributed by atoms with Crippen molar-refractivity contribution in [2.45, 2.75) is 79.8 Å². The Bertz CT molecular complexity index is 290. The fourth-order valence-electron chi connectivity index (χ4n) is 2.83. The quantitative estimate of drug-likeness (QED) is 0.687. The zero-order valence-electron chi connectivity index (χ0n) is 13.0. The smallest absolute Gasteiger partial charge is 0.312 e. The highest BCUT2D eigenvalue weighted by Crippen LogP contribution is 2.44. The number of carbonyl (C=O) groups excluding carboxylic acids is 1. The van der Waals surface area contributed by atoms with Gasteiger partial charge < -0.3 is 4.74 Å². The van der Waals surface area contributed by atoms with Crippen LogP contribution in [0.2, 0.25) is 0 Å². The molecule has 1 aliphatic rings. The predicted octanol–water partition coefficient (Wildman–Crippen LogP) is 4.57. The summed E-state index contributed by atoms with van der Waals surface area (Å²) in [5.41, 5.74) is -0.419. The van der Waals surface area contributed by atoms with E-state index < -0.39 is 0 Å². The number of hydrogen-bond donors (Lipinski definition) is 0. The standard InChI is InChI=1S/C16H30O2/c1-7-10-16(6,15(3,4)5)14(17)18-13-9-8-12(2)11-13/h12-13H,7-11H2,1-6H3. The summed E-state index contributed by atoms with van der Waals surface area (Å²) in [6.45, 7) is 12.9. The fraction of sp³-hybridized carbons (Fsp3) is 0.938. The highest BCUT2D eigenvalue weighted by atomic mass is 16.5. The number of ether oxygens (including phenoxy) is 1. The molecule has 0 bridgehead atoms. The largest absolute Gasteiger partial charge is 0.462 e. The van der Waals surface area contributed by atoms with E-state index in [9.17, 15) is 4.79 Å². The minimum atomic E-state index is -0.367. The van der Waals surface area contributed by atoms with Crippen molar-refractivity contribution in [2.24, 2.45) is 16.7 Å². The van der Waals surface area contributed by atoms with Crippen molar-refractivity contribution in [3.05, 3.63) is 0 Å². The summed E-state index contributed by atoms with van der Waals surface area (Å²) in [4.78, 5) is 12.5. The Kier molecular flexibility index (Phi) is 4.85. The lowest BCUT2D eigenvalue weighted by Crippen LogP contribution is -2.42. The average Bonchev–Trinajstić information content (AvgIpc) is 2.62. The van der Waals surface area contributed by atoms with Gasteiger partial charge in [-0.05, 0) is 43.9 Å². The second kappa shape index (κ2) is 5.63. The van der Waals surface area contributed by atoms with Crippen LogP contribution in [0, 0.1) is 16.7 Å². The summed E-state index contributed by atoms with van der Waals surface area (Å²) < 4.78 is 5.79. The third kappa shape index (κ3) is 3.27. The molecule has 18 heavy (non-hydrogen) atoms. The maximum Gasteiger partial charge on any atom is 0.312 e. The molecule has 0 amide bonds. The van der Waals surface area contributed by atoms with Crippen LogP contribution >= 0.6 is 0 Å². The van der Waals surface area contributed by atoms with Crippen LogP contribution < -0.4 is 0 Å². The van der Waals surface area contributed by atoms with Gasteiger partial charge in [0.05, 0.1) is 5.41 Å². The summed E-state index contributed by atoms with van der Waals surface area (Å²) in [5.74, 6) is 0.714. The molecule has 3 unspecified atom stereocenters. The zero-order chi connectivity index (χ0) is 14.0. The minimum Gasteiger partial charge on any atom is -0.462 e. The molecule has 1 fully saturated rings. The van der Waals surface area contributed by atoms with Gasteiger partial charge >= 0.3 is 5.97 Å². The van der Waals surface area contributed by atoms with Crippen LogP contribution in [0.5, 0.6) is 0 Å². The van der Waals surface area contributed by atoms with Crippen LogP contribution in [0.1, 0.15) is 73.6 Å². The number of esters is 1. The van der Waals surface area contributed by atoms with Crippen molar-refractivity contribution < 1.29 is 9.53 Å². The Balaban J connectivity index is 2.71. The Morgan fingerprint density at radius 1 is 1.22 bits per heavy atom. The molecule has 2 heteroatoms. The number of rotatable bonds is 4. The van der Waals surface area contributed by atoms with E-state index in [1.165, 1.54) is 6.42 Å². The van der Waals surface area contributed by atoms with Crippen molar-refractivity contribution in [3.63, 3.8) is 0 Å². The van der Waals surface area contributed by atoms with Crippen molar-refractivity contribution in [1.82, 2.24) is 0 Å². The van der Waals surface area contributed by atoms with E-state index in [1.807, 2.05) is 0 Å². The SMILES string of the molecule is CCCC(C)(C(=O)OC1CCC(C)C1)C(C)(C)C. The van der Waals surface area contributed by atoms with E-state index in [4.69, 9.17) is 4.74 Å². The van der Waals surface area contributed by atoms with E-state index in [1.54, 1.807) is 0 Å². The molecule has 1 rings (SSSR count). The molecule has 0 N–H and O–H groups in total. The lowest BCUT2D eigenvalue weighted by Gasteiger charge is -2.40. The molecule has 0 aromatic carbocycles. The second-order valence-corrected chi connectivity index (χ2v) is 7.28. The molecule has 0 aromatic rings. The van der Waals surface area contributed by atoms with Crippen LogP contribution in [-0.2, 0) is 9.53 Å². The zero-order valence-corrected chi connectivity index (χ0v) is 13.0. The first-order chi connectivity index (χ1) is 8.20. The molecule has 2 nitrogen and oxygen atoms in total. The van der Waals surface area contributed by atoms with E-state index in [0.717, 1.165) is 25.7 Å². The van der Waals surface area contributed by atoms with Gasteiger partial charge in [0.15, 0.2) is 0 Å². The van der Waals surface area contributed by atoms with E-state index in [2.05, 4.69) is 41.5 Å². The van der Waals surface area contributed by atoms with Crippen LogP contribution in [0.3, 0.4) is 0 Å². The van der Waals surface area contributed by atoms with Gasteiger partial charge in [-0.3, -0.25) is 4.79 Å². The third-order valence-electron chi connectivity index (χ3n) is 4.78. The lowest BCUT2D eigenvalue weighted by atomic mass is 9.65. The molecule has 106 valence electrons. The Morgan fingerprint density at radius 3 is 2.22 bits per heavy atom.